The quantitative estimate of drug-likeness (QED) is 0.638. The molecule has 2 N–H and O–H groups in total. The second-order valence-electron chi connectivity index (χ2n) is 6.24. The zero-order chi connectivity index (χ0) is 15.8. The summed E-state index contributed by atoms with van der Waals surface area (Å²) in [5.74, 6) is 0. The Labute approximate surface area is 125 Å². The Balaban J connectivity index is 2.37. The Morgan fingerprint density at radius 2 is 1.62 bits per heavy atom. The minimum absolute atomic E-state index is 0.435. The number of benzene rings is 1. The van der Waals surface area contributed by atoms with Crippen LogP contribution in [0.25, 0.3) is 0 Å². The number of nitrogens with zero attached hydrogens (tertiary/aromatic N) is 1. The van der Waals surface area contributed by atoms with E-state index in [1.807, 2.05) is 27.7 Å². The molecule has 1 aliphatic rings. The molecular weight excluding hydrogens is 269 g/mol. The van der Waals surface area contributed by atoms with Gasteiger partial charge in [-0.3, -0.25) is 0 Å². The molecule has 0 radical (unpaired) electrons. The first kappa shape index (κ1) is 16.0. The van der Waals surface area contributed by atoms with Crippen molar-refractivity contribution in [3.8, 4) is 6.07 Å². The summed E-state index contributed by atoms with van der Waals surface area (Å²) in [4.78, 5) is 0. The largest absolute Gasteiger partial charge is 0.495 e. The lowest BCUT2D eigenvalue weighted by Gasteiger charge is -2.32. The molecule has 0 aromatic heterocycles. The summed E-state index contributed by atoms with van der Waals surface area (Å²) in [5, 5.41) is 28.4. The lowest BCUT2D eigenvalue weighted by atomic mass is 9.74. The molecule has 0 aliphatic carbocycles. The molecule has 112 valence electrons. The van der Waals surface area contributed by atoms with E-state index in [4.69, 9.17) is 14.6 Å². The standard InChI is InChI=1S/C15H20BNO4/c1-14(2)15(3,4)21-16(20-14)11-8-6-5-7-10(11)13(19)12(18)9-17/h5-8,12-13,18-19H,1-4H3. The molecule has 2 atom stereocenters. The van der Waals surface area contributed by atoms with Crippen molar-refractivity contribution in [2.75, 3.05) is 0 Å². The van der Waals surface area contributed by atoms with Crippen LogP contribution in [0.2, 0.25) is 0 Å². The molecule has 6 heteroatoms. The molecule has 2 unspecified atom stereocenters. The van der Waals surface area contributed by atoms with E-state index in [-0.39, 0.29) is 0 Å². The fourth-order valence-electron chi connectivity index (χ4n) is 2.21. The molecule has 1 aromatic rings. The van der Waals surface area contributed by atoms with Crippen LogP contribution in [0.5, 0.6) is 0 Å². The van der Waals surface area contributed by atoms with Crippen molar-refractivity contribution >= 4 is 12.6 Å². The minimum atomic E-state index is -1.49. The Bertz CT molecular complexity index is 551. The average Bonchev–Trinajstić information content (AvgIpc) is 2.65. The third kappa shape index (κ3) is 2.83. The van der Waals surface area contributed by atoms with Crippen LogP contribution in [0.3, 0.4) is 0 Å². The number of hydrogen-bond donors (Lipinski definition) is 2. The first-order valence-corrected chi connectivity index (χ1v) is 6.90. The van der Waals surface area contributed by atoms with E-state index < -0.39 is 30.5 Å². The molecule has 21 heavy (non-hydrogen) atoms. The molecule has 0 bridgehead atoms. The summed E-state index contributed by atoms with van der Waals surface area (Å²) in [6.45, 7) is 7.76. The monoisotopic (exact) mass is 289 g/mol. The van der Waals surface area contributed by atoms with E-state index >= 15 is 0 Å². The average molecular weight is 289 g/mol. The first-order chi connectivity index (χ1) is 9.69. The smallest absolute Gasteiger partial charge is 0.399 e. The SMILES string of the molecule is CC1(C)OB(c2ccccc2C(O)C(O)C#N)OC1(C)C. The van der Waals surface area contributed by atoms with Gasteiger partial charge in [0, 0.05) is 0 Å². The lowest BCUT2D eigenvalue weighted by molar-refractivity contribution is 0.00578. The van der Waals surface area contributed by atoms with Crippen LogP contribution in [0.4, 0.5) is 0 Å². The van der Waals surface area contributed by atoms with Crippen LogP contribution < -0.4 is 5.46 Å². The van der Waals surface area contributed by atoms with Crippen LogP contribution in [0.15, 0.2) is 24.3 Å². The van der Waals surface area contributed by atoms with E-state index in [1.54, 1.807) is 30.3 Å². The van der Waals surface area contributed by atoms with Crippen molar-refractivity contribution in [3.63, 3.8) is 0 Å². The van der Waals surface area contributed by atoms with E-state index in [2.05, 4.69) is 0 Å². The third-order valence-corrected chi connectivity index (χ3v) is 4.25. The van der Waals surface area contributed by atoms with Crippen LogP contribution >= 0.6 is 0 Å². The zero-order valence-corrected chi connectivity index (χ0v) is 12.7. The molecule has 1 heterocycles. The number of hydrogen-bond acceptors (Lipinski definition) is 5. The van der Waals surface area contributed by atoms with Crippen molar-refractivity contribution in [2.24, 2.45) is 0 Å². The van der Waals surface area contributed by atoms with E-state index in [0.717, 1.165) is 0 Å². The molecular formula is C15H20BNO4. The van der Waals surface area contributed by atoms with Gasteiger partial charge < -0.3 is 19.5 Å². The van der Waals surface area contributed by atoms with E-state index in [9.17, 15) is 10.2 Å². The van der Waals surface area contributed by atoms with Crippen LogP contribution in [-0.4, -0.2) is 34.6 Å². The maximum atomic E-state index is 10.1. The van der Waals surface area contributed by atoms with Gasteiger partial charge in [-0.1, -0.05) is 24.3 Å². The van der Waals surface area contributed by atoms with Crippen LogP contribution in [0.1, 0.15) is 39.4 Å². The number of nitriles is 1. The van der Waals surface area contributed by atoms with Crippen molar-refractivity contribution in [1.82, 2.24) is 0 Å². The van der Waals surface area contributed by atoms with E-state index in [0.29, 0.717) is 11.0 Å². The summed E-state index contributed by atoms with van der Waals surface area (Å²) in [6.07, 6.45) is -2.79. The Hall–Kier alpha value is -1.39. The number of aliphatic hydroxyl groups excluding tert-OH is 2. The van der Waals surface area contributed by atoms with Gasteiger partial charge in [-0.25, -0.2) is 0 Å². The molecule has 0 saturated carbocycles. The van der Waals surface area contributed by atoms with Crippen molar-refractivity contribution < 1.29 is 19.5 Å². The Morgan fingerprint density at radius 3 is 2.14 bits per heavy atom. The predicted octanol–water partition coefficient (Wildman–Crippen LogP) is 0.904. The number of rotatable bonds is 3. The highest BCUT2D eigenvalue weighted by atomic mass is 16.7. The normalized spacial score (nSPS) is 22.6. The van der Waals surface area contributed by atoms with Gasteiger partial charge in [0.15, 0.2) is 6.10 Å². The Morgan fingerprint density at radius 1 is 1.10 bits per heavy atom. The van der Waals surface area contributed by atoms with Gasteiger partial charge in [0.1, 0.15) is 6.10 Å². The summed E-state index contributed by atoms with van der Waals surface area (Å²) in [6, 6.07) is 8.60. The van der Waals surface area contributed by atoms with Gasteiger partial charge in [0.25, 0.3) is 0 Å². The maximum absolute atomic E-state index is 10.1. The van der Waals surface area contributed by atoms with E-state index in [1.165, 1.54) is 0 Å². The Kier molecular flexibility index (Phi) is 4.14. The molecule has 1 aliphatic heterocycles. The van der Waals surface area contributed by atoms with Gasteiger partial charge in [-0.2, -0.15) is 5.26 Å². The molecule has 0 spiro atoms. The summed E-state index contributed by atoms with van der Waals surface area (Å²) >= 11 is 0. The molecule has 1 fully saturated rings. The van der Waals surface area contributed by atoms with Crippen LogP contribution in [-0.2, 0) is 9.31 Å². The summed E-state index contributed by atoms with van der Waals surface area (Å²) in [7, 11) is -0.647. The molecule has 1 aromatic carbocycles. The third-order valence-electron chi connectivity index (χ3n) is 4.25. The van der Waals surface area contributed by atoms with Gasteiger partial charge in [0.2, 0.25) is 0 Å². The van der Waals surface area contributed by atoms with Gasteiger partial charge in [0.05, 0.1) is 17.3 Å². The second kappa shape index (κ2) is 5.43. The predicted molar refractivity (Wildman–Crippen MR) is 78.7 cm³/mol. The molecule has 0 amide bonds. The first-order valence-electron chi connectivity index (χ1n) is 6.90. The fourth-order valence-corrected chi connectivity index (χ4v) is 2.21. The summed E-state index contributed by atoms with van der Waals surface area (Å²) in [5.41, 5.74) is 0.0654. The highest BCUT2D eigenvalue weighted by molar-refractivity contribution is 6.62. The van der Waals surface area contributed by atoms with Gasteiger partial charge >= 0.3 is 7.12 Å². The summed E-state index contributed by atoms with van der Waals surface area (Å²) < 4.78 is 11.9. The fraction of sp³-hybridized carbons (Fsp3) is 0.533. The van der Waals surface area contributed by atoms with Gasteiger partial charge in [-0.15, -0.1) is 0 Å². The van der Waals surface area contributed by atoms with Crippen molar-refractivity contribution in [1.29, 1.82) is 5.26 Å². The number of aliphatic hydroxyl groups is 2. The maximum Gasteiger partial charge on any atom is 0.495 e. The molecule has 2 rings (SSSR count). The second-order valence-corrected chi connectivity index (χ2v) is 6.24. The topological polar surface area (TPSA) is 82.7 Å². The highest BCUT2D eigenvalue weighted by Gasteiger charge is 2.52. The van der Waals surface area contributed by atoms with Crippen molar-refractivity contribution in [2.45, 2.75) is 51.1 Å². The highest BCUT2D eigenvalue weighted by Crippen LogP contribution is 2.37. The van der Waals surface area contributed by atoms with Crippen LogP contribution in [0, 0.1) is 11.3 Å². The molecule has 1 saturated heterocycles. The lowest BCUT2D eigenvalue weighted by Crippen LogP contribution is -2.41. The van der Waals surface area contributed by atoms with Crippen molar-refractivity contribution in [3.05, 3.63) is 29.8 Å². The minimum Gasteiger partial charge on any atom is -0.399 e. The molecule has 5 nitrogen and oxygen atoms in total. The zero-order valence-electron chi connectivity index (χ0n) is 12.7. The van der Waals surface area contributed by atoms with Gasteiger partial charge in [-0.05, 0) is 38.7 Å².